The van der Waals surface area contributed by atoms with E-state index in [1.54, 1.807) is 6.92 Å². The highest BCUT2D eigenvalue weighted by Crippen LogP contribution is 2.64. The fraction of sp³-hybridized carbons (Fsp3) is 0.947. The van der Waals surface area contributed by atoms with E-state index in [1.165, 1.54) is 0 Å². The molecule has 2 aliphatic carbocycles. The number of rotatable bonds is 3. The predicted octanol–water partition coefficient (Wildman–Crippen LogP) is 3.89. The van der Waals surface area contributed by atoms with Crippen LogP contribution in [0.15, 0.2) is 0 Å². The van der Waals surface area contributed by atoms with Crippen LogP contribution in [0.1, 0.15) is 61.3 Å². The summed E-state index contributed by atoms with van der Waals surface area (Å²) in [4.78, 5) is 12.4. The Hall–Kier alpha value is -0.570. The van der Waals surface area contributed by atoms with Crippen molar-refractivity contribution >= 4 is 5.97 Å². The summed E-state index contributed by atoms with van der Waals surface area (Å²) in [5.74, 6) is 2.27. The third kappa shape index (κ3) is 3.34. The molecule has 0 aromatic rings. The first-order chi connectivity index (χ1) is 9.93. The zero-order valence-corrected chi connectivity index (χ0v) is 15.3. The maximum atomic E-state index is 12.4. The van der Waals surface area contributed by atoms with Gasteiger partial charge in [-0.1, -0.05) is 41.5 Å². The summed E-state index contributed by atoms with van der Waals surface area (Å²) in [6.45, 7) is 15.8. The third-order valence-electron chi connectivity index (χ3n) is 5.77. The molecular formula is C19H34O3. The minimum Gasteiger partial charge on any atom is -0.463 e. The number of carbonyl (C=O) groups is 1. The van der Waals surface area contributed by atoms with Crippen LogP contribution in [-0.4, -0.2) is 23.8 Å². The first-order valence-corrected chi connectivity index (χ1v) is 8.77. The van der Waals surface area contributed by atoms with Gasteiger partial charge in [0.1, 0.15) is 6.61 Å². The second kappa shape index (κ2) is 5.81. The van der Waals surface area contributed by atoms with E-state index in [4.69, 9.17) is 4.74 Å². The van der Waals surface area contributed by atoms with E-state index in [2.05, 4.69) is 41.5 Å². The first-order valence-electron chi connectivity index (χ1n) is 8.77. The molecule has 0 aromatic carbocycles. The van der Waals surface area contributed by atoms with E-state index >= 15 is 0 Å². The Morgan fingerprint density at radius 3 is 2.09 bits per heavy atom. The molecule has 6 unspecified atom stereocenters. The van der Waals surface area contributed by atoms with Crippen LogP contribution in [0.25, 0.3) is 0 Å². The number of ether oxygens (including phenoxy) is 1. The fourth-order valence-corrected chi connectivity index (χ4v) is 5.37. The predicted molar refractivity (Wildman–Crippen MR) is 88.2 cm³/mol. The van der Waals surface area contributed by atoms with Crippen molar-refractivity contribution in [1.29, 1.82) is 0 Å². The second-order valence-electron chi connectivity index (χ2n) is 9.76. The molecule has 128 valence electrons. The Bertz CT molecular complexity index is 413. The minimum absolute atomic E-state index is 0.0339. The summed E-state index contributed by atoms with van der Waals surface area (Å²) >= 11 is 0. The Kier molecular flexibility index (Phi) is 4.70. The number of fused-ring (bicyclic) bond motifs is 2. The zero-order chi connectivity index (χ0) is 16.9. The van der Waals surface area contributed by atoms with Gasteiger partial charge in [-0.25, -0.2) is 0 Å². The number of aliphatic hydroxyl groups is 1. The van der Waals surface area contributed by atoms with Crippen molar-refractivity contribution < 1.29 is 14.6 Å². The molecule has 2 fully saturated rings. The summed E-state index contributed by atoms with van der Waals surface area (Å²) in [6.07, 6.45) is 1.55. The van der Waals surface area contributed by atoms with Crippen molar-refractivity contribution in [2.45, 2.75) is 67.4 Å². The van der Waals surface area contributed by atoms with Crippen LogP contribution >= 0.6 is 0 Å². The van der Waals surface area contributed by atoms with Crippen LogP contribution in [0.2, 0.25) is 0 Å². The Morgan fingerprint density at radius 2 is 1.64 bits per heavy atom. The monoisotopic (exact) mass is 310 g/mol. The van der Waals surface area contributed by atoms with Gasteiger partial charge >= 0.3 is 5.97 Å². The van der Waals surface area contributed by atoms with Gasteiger partial charge in [0.05, 0.1) is 12.0 Å². The maximum absolute atomic E-state index is 12.4. The van der Waals surface area contributed by atoms with Gasteiger partial charge in [0.25, 0.3) is 0 Å². The number of aliphatic hydroxyl groups excluding tert-OH is 1. The van der Waals surface area contributed by atoms with Gasteiger partial charge in [-0.15, -0.1) is 0 Å². The van der Waals surface area contributed by atoms with Gasteiger partial charge in [0.2, 0.25) is 0 Å². The SMILES string of the molecule is CC(O)COC(=O)C1CC2CC1C(C(C)(C)C)C2C(C)(C)C. The van der Waals surface area contributed by atoms with Crippen LogP contribution in [0, 0.1) is 40.4 Å². The molecule has 6 atom stereocenters. The Morgan fingerprint density at radius 1 is 1.09 bits per heavy atom. The molecule has 0 spiro atoms. The summed E-state index contributed by atoms with van der Waals surface area (Å²) in [5, 5.41) is 9.33. The van der Waals surface area contributed by atoms with Crippen molar-refractivity contribution in [2.75, 3.05) is 6.61 Å². The lowest BCUT2D eigenvalue weighted by atomic mass is 9.57. The lowest BCUT2D eigenvalue weighted by Crippen LogP contribution is -2.44. The molecule has 2 rings (SSSR count). The highest BCUT2D eigenvalue weighted by atomic mass is 16.5. The number of hydrogen-bond acceptors (Lipinski definition) is 3. The highest BCUT2D eigenvalue weighted by Gasteiger charge is 2.60. The van der Waals surface area contributed by atoms with E-state index in [1.807, 2.05) is 0 Å². The quantitative estimate of drug-likeness (QED) is 0.804. The molecule has 1 N–H and O–H groups in total. The molecule has 0 amide bonds. The fourth-order valence-electron chi connectivity index (χ4n) is 5.37. The van der Waals surface area contributed by atoms with Crippen LogP contribution in [-0.2, 0) is 9.53 Å². The molecule has 0 heterocycles. The van der Waals surface area contributed by atoms with Crippen LogP contribution < -0.4 is 0 Å². The Balaban J connectivity index is 2.18. The van der Waals surface area contributed by atoms with Gasteiger partial charge in [0.15, 0.2) is 0 Å². The lowest BCUT2D eigenvalue weighted by molar-refractivity contribution is -0.156. The maximum Gasteiger partial charge on any atom is 0.309 e. The summed E-state index contributed by atoms with van der Waals surface area (Å²) < 4.78 is 5.33. The van der Waals surface area contributed by atoms with Crippen molar-refractivity contribution in [3.63, 3.8) is 0 Å². The molecule has 3 nitrogen and oxygen atoms in total. The third-order valence-corrected chi connectivity index (χ3v) is 5.77. The second-order valence-corrected chi connectivity index (χ2v) is 9.76. The van der Waals surface area contributed by atoms with Crippen molar-refractivity contribution in [3.8, 4) is 0 Å². The van der Waals surface area contributed by atoms with Crippen molar-refractivity contribution in [2.24, 2.45) is 40.4 Å². The van der Waals surface area contributed by atoms with E-state index in [-0.39, 0.29) is 29.3 Å². The average molecular weight is 310 g/mol. The summed E-state index contributed by atoms with van der Waals surface area (Å²) in [7, 11) is 0. The first kappa shape index (κ1) is 17.8. The van der Waals surface area contributed by atoms with Gasteiger partial charge in [-0.05, 0) is 54.3 Å². The molecule has 2 aliphatic rings. The van der Waals surface area contributed by atoms with Crippen LogP contribution in [0.5, 0.6) is 0 Å². The molecule has 2 saturated carbocycles. The van der Waals surface area contributed by atoms with E-state index < -0.39 is 6.10 Å². The molecule has 0 aromatic heterocycles. The smallest absolute Gasteiger partial charge is 0.309 e. The summed E-state index contributed by atoms with van der Waals surface area (Å²) in [5.41, 5.74) is 0.492. The standard InChI is InChI=1S/C19H34O3/c1-11(20)10-22-17(21)14-9-12-8-13(14)16(19(5,6)7)15(12)18(2,3)4/h11-16,20H,8-10H2,1-7H3. The van der Waals surface area contributed by atoms with Gasteiger partial charge in [0, 0.05) is 0 Å². The number of esters is 1. The summed E-state index contributed by atoms with van der Waals surface area (Å²) in [6, 6.07) is 0. The molecule has 3 heteroatoms. The largest absolute Gasteiger partial charge is 0.463 e. The van der Waals surface area contributed by atoms with Crippen LogP contribution in [0.3, 0.4) is 0 Å². The van der Waals surface area contributed by atoms with Crippen molar-refractivity contribution in [3.05, 3.63) is 0 Å². The van der Waals surface area contributed by atoms with Gasteiger partial charge in [-0.2, -0.15) is 0 Å². The zero-order valence-electron chi connectivity index (χ0n) is 15.3. The van der Waals surface area contributed by atoms with Crippen LogP contribution in [0.4, 0.5) is 0 Å². The molecule has 0 aliphatic heterocycles. The van der Waals surface area contributed by atoms with E-state index in [9.17, 15) is 9.90 Å². The molecule has 0 radical (unpaired) electrons. The van der Waals surface area contributed by atoms with E-state index in [0.717, 1.165) is 12.8 Å². The topological polar surface area (TPSA) is 46.5 Å². The van der Waals surface area contributed by atoms with Gasteiger partial charge < -0.3 is 9.84 Å². The molecule has 2 bridgehead atoms. The number of hydrogen-bond donors (Lipinski definition) is 1. The highest BCUT2D eigenvalue weighted by molar-refractivity contribution is 5.73. The molecule has 22 heavy (non-hydrogen) atoms. The average Bonchev–Trinajstić information content (AvgIpc) is 2.91. The van der Waals surface area contributed by atoms with E-state index in [0.29, 0.717) is 23.7 Å². The molecular weight excluding hydrogens is 276 g/mol. The van der Waals surface area contributed by atoms with Gasteiger partial charge in [-0.3, -0.25) is 4.79 Å². The van der Waals surface area contributed by atoms with Crippen molar-refractivity contribution in [1.82, 2.24) is 0 Å². The normalized spacial score (nSPS) is 36.5. The lowest BCUT2D eigenvalue weighted by Gasteiger charge is -2.48. The number of carbonyl (C=O) groups excluding carboxylic acids is 1. The molecule has 0 saturated heterocycles. The minimum atomic E-state index is -0.580. The Labute approximate surface area is 135 Å².